The standard InChI is InChI=1S/C28H19NO4/c1-16-10-12-17(13-11-16)20-15-22(29-25-19-7-3-4-8-23(19)32-27(20)25)21-14-18-6-5-9-24(31-2)26(18)33-28(21)30/h3-15H,1-2H3. The van der Waals surface area contributed by atoms with E-state index >= 15 is 0 Å². The molecule has 160 valence electrons. The highest BCUT2D eigenvalue weighted by Gasteiger charge is 2.19. The average molecular weight is 433 g/mol. The number of fused-ring (bicyclic) bond motifs is 4. The van der Waals surface area contributed by atoms with Crippen LogP contribution in [-0.2, 0) is 0 Å². The van der Waals surface area contributed by atoms with E-state index in [1.807, 2.05) is 49.4 Å². The van der Waals surface area contributed by atoms with Crippen LogP contribution in [-0.4, -0.2) is 12.1 Å². The number of aryl methyl sites for hydroxylation is 1. The number of ether oxygens (including phenoxy) is 1. The van der Waals surface area contributed by atoms with Crippen molar-refractivity contribution in [2.75, 3.05) is 7.11 Å². The Morgan fingerprint density at radius 3 is 2.45 bits per heavy atom. The zero-order valence-electron chi connectivity index (χ0n) is 18.1. The van der Waals surface area contributed by atoms with E-state index in [9.17, 15) is 4.79 Å². The van der Waals surface area contributed by atoms with Crippen molar-refractivity contribution in [1.82, 2.24) is 4.98 Å². The van der Waals surface area contributed by atoms with Crippen molar-refractivity contribution < 1.29 is 13.6 Å². The van der Waals surface area contributed by atoms with Crippen LogP contribution in [0, 0.1) is 6.92 Å². The van der Waals surface area contributed by atoms with Gasteiger partial charge in [-0.3, -0.25) is 0 Å². The molecular weight excluding hydrogens is 414 g/mol. The lowest BCUT2D eigenvalue weighted by atomic mass is 10.0. The molecule has 5 heteroatoms. The third-order valence-corrected chi connectivity index (χ3v) is 5.91. The van der Waals surface area contributed by atoms with Crippen molar-refractivity contribution in [3.63, 3.8) is 0 Å². The van der Waals surface area contributed by atoms with Crippen LogP contribution in [0.3, 0.4) is 0 Å². The number of rotatable bonds is 3. The van der Waals surface area contributed by atoms with Crippen LogP contribution < -0.4 is 10.4 Å². The maximum absolute atomic E-state index is 13.0. The van der Waals surface area contributed by atoms with E-state index in [1.165, 1.54) is 0 Å². The van der Waals surface area contributed by atoms with Crippen molar-refractivity contribution in [2.24, 2.45) is 0 Å². The summed E-state index contributed by atoms with van der Waals surface area (Å²) in [5.41, 5.74) is 6.04. The molecule has 0 fully saturated rings. The van der Waals surface area contributed by atoms with Crippen LogP contribution in [0.25, 0.3) is 55.4 Å². The minimum Gasteiger partial charge on any atom is -0.493 e. The van der Waals surface area contributed by atoms with E-state index in [0.717, 1.165) is 33.0 Å². The Kier molecular flexibility index (Phi) is 4.30. The number of para-hydroxylation sites is 2. The van der Waals surface area contributed by atoms with Gasteiger partial charge >= 0.3 is 5.63 Å². The number of nitrogens with zero attached hydrogens (tertiary/aromatic N) is 1. The fraction of sp³-hybridized carbons (Fsp3) is 0.0714. The maximum Gasteiger partial charge on any atom is 0.345 e. The van der Waals surface area contributed by atoms with E-state index < -0.39 is 5.63 Å². The fourth-order valence-corrected chi connectivity index (χ4v) is 4.22. The Bertz CT molecular complexity index is 1730. The van der Waals surface area contributed by atoms with Gasteiger partial charge in [0.15, 0.2) is 16.9 Å². The molecule has 0 radical (unpaired) electrons. The van der Waals surface area contributed by atoms with Gasteiger partial charge in [-0.15, -0.1) is 0 Å². The summed E-state index contributed by atoms with van der Waals surface area (Å²) in [6, 6.07) is 25.2. The molecule has 0 bridgehead atoms. The number of hydrogen-bond donors (Lipinski definition) is 0. The fourth-order valence-electron chi connectivity index (χ4n) is 4.22. The SMILES string of the molecule is COc1cccc2cc(-c3cc(-c4ccc(C)cc4)c4oc5ccccc5c4n3)c(=O)oc12. The van der Waals surface area contributed by atoms with Crippen LogP contribution in [0.15, 0.2) is 92.5 Å². The van der Waals surface area contributed by atoms with Gasteiger partial charge in [-0.25, -0.2) is 9.78 Å². The first-order valence-electron chi connectivity index (χ1n) is 10.6. The van der Waals surface area contributed by atoms with Crippen LogP contribution in [0.2, 0.25) is 0 Å². The minimum atomic E-state index is -0.471. The van der Waals surface area contributed by atoms with Gasteiger partial charge in [0.05, 0.1) is 18.4 Å². The topological polar surface area (TPSA) is 65.5 Å². The van der Waals surface area contributed by atoms with Crippen LogP contribution >= 0.6 is 0 Å². The molecule has 0 N–H and O–H groups in total. The molecule has 3 heterocycles. The highest BCUT2D eigenvalue weighted by atomic mass is 16.5. The van der Waals surface area contributed by atoms with E-state index in [1.54, 1.807) is 19.2 Å². The molecule has 6 aromatic rings. The number of hydrogen-bond acceptors (Lipinski definition) is 5. The molecule has 3 aromatic carbocycles. The first-order chi connectivity index (χ1) is 16.1. The minimum absolute atomic E-state index is 0.385. The van der Waals surface area contributed by atoms with Gasteiger partial charge in [-0.2, -0.15) is 0 Å². The van der Waals surface area contributed by atoms with Gasteiger partial charge in [-0.05, 0) is 42.8 Å². The lowest BCUT2D eigenvalue weighted by molar-refractivity contribution is 0.407. The van der Waals surface area contributed by atoms with E-state index in [0.29, 0.717) is 33.7 Å². The summed E-state index contributed by atoms with van der Waals surface area (Å²) in [5.74, 6) is 0.515. The quantitative estimate of drug-likeness (QED) is 0.289. The first-order valence-corrected chi connectivity index (χ1v) is 10.6. The van der Waals surface area contributed by atoms with Gasteiger partial charge in [-0.1, -0.05) is 54.1 Å². The molecule has 0 unspecified atom stereocenters. The van der Waals surface area contributed by atoms with Crippen molar-refractivity contribution in [1.29, 1.82) is 0 Å². The summed E-state index contributed by atoms with van der Waals surface area (Å²) in [6.07, 6.45) is 0. The molecule has 0 saturated carbocycles. The molecule has 0 spiro atoms. The lowest BCUT2D eigenvalue weighted by Gasteiger charge is -2.08. The van der Waals surface area contributed by atoms with E-state index in [-0.39, 0.29) is 0 Å². The largest absolute Gasteiger partial charge is 0.493 e. The van der Waals surface area contributed by atoms with Crippen LogP contribution in [0.1, 0.15) is 5.56 Å². The van der Waals surface area contributed by atoms with Crippen molar-refractivity contribution in [2.45, 2.75) is 6.92 Å². The van der Waals surface area contributed by atoms with Gasteiger partial charge in [0.25, 0.3) is 0 Å². The van der Waals surface area contributed by atoms with Crippen LogP contribution in [0.5, 0.6) is 5.75 Å². The van der Waals surface area contributed by atoms with Gasteiger partial charge in [0.1, 0.15) is 11.1 Å². The molecule has 0 amide bonds. The summed E-state index contributed by atoms with van der Waals surface area (Å²) < 4.78 is 17.2. The Morgan fingerprint density at radius 2 is 1.64 bits per heavy atom. The van der Waals surface area contributed by atoms with Gasteiger partial charge < -0.3 is 13.6 Å². The summed E-state index contributed by atoms with van der Waals surface area (Å²) in [6.45, 7) is 2.05. The third-order valence-electron chi connectivity index (χ3n) is 5.91. The Morgan fingerprint density at radius 1 is 0.818 bits per heavy atom. The molecule has 0 saturated heterocycles. The molecule has 33 heavy (non-hydrogen) atoms. The smallest absolute Gasteiger partial charge is 0.345 e. The Hall–Kier alpha value is -4.38. The van der Waals surface area contributed by atoms with E-state index in [4.69, 9.17) is 18.6 Å². The number of methoxy groups -OCH3 is 1. The predicted molar refractivity (Wildman–Crippen MR) is 130 cm³/mol. The van der Waals surface area contributed by atoms with Crippen molar-refractivity contribution >= 4 is 33.0 Å². The molecule has 3 aromatic heterocycles. The van der Waals surface area contributed by atoms with E-state index in [2.05, 4.69) is 24.3 Å². The highest BCUT2D eigenvalue weighted by molar-refractivity contribution is 6.08. The molecule has 5 nitrogen and oxygen atoms in total. The lowest BCUT2D eigenvalue weighted by Crippen LogP contribution is -2.05. The highest BCUT2D eigenvalue weighted by Crippen LogP contribution is 2.37. The monoisotopic (exact) mass is 433 g/mol. The first kappa shape index (κ1) is 19.3. The third kappa shape index (κ3) is 3.09. The summed E-state index contributed by atoms with van der Waals surface area (Å²) in [7, 11) is 1.55. The molecule has 6 rings (SSSR count). The second-order valence-corrected chi connectivity index (χ2v) is 8.02. The molecule has 0 aliphatic carbocycles. The van der Waals surface area contributed by atoms with Crippen molar-refractivity contribution in [3.8, 4) is 28.1 Å². The zero-order valence-corrected chi connectivity index (χ0v) is 18.1. The summed E-state index contributed by atoms with van der Waals surface area (Å²) in [4.78, 5) is 17.9. The molecule has 0 aliphatic heterocycles. The molecule has 0 atom stereocenters. The predicted octanol–water partition coefficient (Wildman–Crippen LogP) is 6.74. The molecule has 0 aliphatic rings. The Balaban J connectivity index is 1.68. The number of pyridine rings is 1. The normalized spacial score (nSPS) is 11.5. The van der Waals surface area contributed by atoms with Crippen LogP contribution in [0.4, 0.5) is 0 Å². The second-order valence-electron chi connectivity index (χ2n) is 8.02. The summed E-state index contributed by atoms with van der Waals surface area (Å²) in [5, 5.41) is 1.66. The maximum atomic E-state index is 13.0. The number of furan rings is 1. The zero-order chi connectivity index (χ0) is 22.5. The molecular formula is C28H19NO4. The number of benzene rings is 3. The van der Waals surface area contributed by atoms with Crippen molar-refractivity contribution in [3.05, 3.63) is 94.8 Å². The van der Waals surface area contributed by atoms with Gasteiger partial charge in [0, 0.05) is 16.3 Å². The summed E-state index contributed by atoms with van der Waals surface area (Å²) >= 11 is 0. The number of aromatic nitrogens is 1. The Labute approximate surface area is 188 Å². The van der Waals surface area contributed by atoms with Gasteiger partial charge in [0.2, 0.25) is 0 Å². The second kappa shape index (κ2) is 7.35. The average Bonchev–Trinajstić information content (AvgIpc) is 3.22.